The monoisotopic (exact) mass is 349 g/mol. The second-order valence-electron chi connectivity index (χ2n) is 6.79. The van der Waals surface area contributed by atoms with Crippen molar-refractivity contribution in [3.8, 4) is 0 Å². The number of amides is 1. The van der Waals surface area contributed by atoms with E-state index in [-0.39, 0.29) is 18.1 Å². The quantitative estimate of drug-likeness (QED) is 0.715. The van der Waals surface area contributed by atoms with Crippen LogP contribution in [0.2, 0.25) is 0 Å². The normalized spacial score (nSPS) is 18.1. The number of aromatic nitrogens is 2. The standard InChI is InChI=1S/C21H23N3O2/c25-20(14-16-9-6-12-26-16)22-19(13-15-7-2-1-3-8-15)21-23-17-10-4-5-11-18(17)24-21/h1-5,7-8,10-11,16,19H,6,9,12-14H2,(H,22,25)(H,23,24)/t16-,19+/m0/s1. The van der Waals surface area contributed by atoms with E-state index in [4.69, 9.17) is 9.72 Å². The lowest BCUT2D eigenvalue weighted by Crippen LogP contribution is -2.33. The van der Waals surface area contributed by atoms with Crippen LogP contribution >= 0.6 is 0 Å². The van der Waals surface area contributed by atoms with Crippen molar-refractivity contribution < 1.29 is 9.53 Å². The molecule has 0 saturated carbocycles. The molecule has 0 radical (unpaired) electrons. The fraction of sp³-hybridized carbons (Fsp3) is 0.333. The molecule has 0 aliphatic carbocycles. The average Bonchev–Trinajstić information content (AvgIpc) is 3.31. The van der Waals surface area contributed by atoms with Crippen LogP contribution in [0, 0.1) is 0 Å². The lowest BCUT2D eigenvalue weighted by atomic mass is 10.0. The Hall–Kier alpha value is -2.66. The van der Waals surface area contributed by atoms with Crippen LogP contribution in [0.4, 0.5) is 0 Å². The van der Waals surface area contributed by atoms with E-state index in [0.717, 1.165) is 41.9 Å². The molecule has 0 unspecified atom stereocenters. The lowest BCUT2D eigenvalue weighted by molar-refractivity contribution is -0.124. The molecule has 5 nitrogen and oxygen atoms in total. The summed E-state index contributed by atoms with van der Waals surface area (Å²) in [6.45, 7) is 0.759. The highest BCUT2D eigenvalue weighted by Crippen LogP contribution is 2.21. The molecular formula is C21H23N3O2. The maximum atomic E-state index is 12.6. The molecule has 4 rings (SSSR count). The third kappa shape index (κ3) is 3.94. The molecular weight excluding hydrogens is 326 g/mol. The number of H-pyrrole nitrogens is 1. The number of nitrogens with one attached hydrogen (secondary N) is 2. The van der Waals surface area contributed by atoms with Crippen LogP contribution in [0.15, 0.2) is 54.6 Å². The summed E-state index contributed by atoms with van der Waals surface area (Å²) in [4.78, 5) is 20.6. The summed E-state index contributed by atoms with van der Waals surface area (Å²) in [6.07, 6.45) is 3.14. The van der Waals surface area contributed by atoms with Crippen molar-refractivity contribution >= 4 is 16.9 Å². The Bertz CT molecular complexity index is 836. The number of fused-ring (bicyclic) bond motifs is 1. The molecule has 26 heavy (non-hydrogen) atoms. The molecule has 2 N–H and O–H groups in total. The van der Waals surface area contributed by atoms with E-state index in [1.165, 1.54) is 0 Å². The van der Waals surface area contributed by atoms with E-state index < -0.39 is 0 Å². The molecule has 2 aromatic carbocycles. The topological polar surface area (TPSA) is 67.0 Å². The van der Waals surface area contributed by atoms with Gasteiger partial charge in [0.25, 0.3) is 0 Å². The minimum absolute atomic E-state index is 0.0123. The number of rotatable bonds is 6. The minimum atomic E-state index is -0.196. The van der Waals surface area contributed by atoms with Crippen molar-refractivity contribution in [1.29, 1.82) is 0 Å². The van der Waals surface area contributed by atoms with Gasteiger partial charge in [0.15, 0.2) is 0 Å². The number of benzene rings is 2. The Labute approximate surface area is 152 Å². The van der Waals surface area contributed by atoms with Gasteiger partial charge in [0.05, 0.1) is 29.6 Å². The summed E-state index contributed by atoms with van der Waals surface area (Å²) in [7, 11) is 0. The number of carbonyl (C=O) groups is 1. The second-order valence-corrected chi connectivity index (χ2v) is 6.79. The van der Waals surface area contributed by atoms with Crippen molar-refractivity contribution in [2.24, 2.45) is 0 Å². The first-order valence-electron chi connectivity index (χ1n) is 9.17. The molecule has 0 spiro atoms. The first-order chi connectivity index (χ1) is 12.8. The maximum absolute atomic E-state index is 12.6. The molecule has 1 saturated heterocycles. The molecule has 1 fully saturated rings. The summed E-state index contributed by atoms with van der Waals surface area (Å²) in [5.41, 5.74) is 3.05. The molecule has 1 aliphatic rings. The van der Waals surface area contributed by atoms with Gasteiger partial charge in [0, 0.05) is 6.61 Å². The summed E-state index contributed by atoms with van der Waals surface area (Å²) >= 11 is 0. The third-order valence-corrected chi connectivity index (χ3v) is 4.79. The van der Waals surface area contributed by atoms with E-state index in [2.05, 4.69) is 22.4 Å². The zero-order valence-corrected chi connectivity index (χ0v) is 14.7. The van der Waals surface area contributed by atoms with Gasteiger partial charge in [-0.2, -0.15) is 0 Å². The number of nitrogens with zero attached hydrogens (tertiary/aromatic N) is 1. The largest absolute Gasteiger partial charge is 0.378 e. The Balaban J connectivity index is 1.55. The number of aromatic amines is 1. The van der Waals surface area contributed by atoms with Crippen LogP contribution in [-0.2, 0) is 16.0 Å². The van der Waals surface area contributed by atoms with Crippen LogP contribution in [0.1, 0.15) is 36.7 Å². The van der Waals surface area contributed by atoms with Gasteiger partial charge in [-0.3, -0.25) is 4.79 Å². The predicted molar refractivity (Wildman–Crippen MR) is 101 cm³/mol. The Morgan fingerprint density at radius 2 is 2.00 bits per heavy atom. The average molecular weight is 349 g/mol. The predicted octanol–water partition coefficient (Wildman–Crippen LogP) is 3.53. The second kappa shape index (κ2) is 7.70. The molecule has 134 valence electrons. The van der Waals surface area contributed by atoms with E-state index in [1.54, 1.807) is 0 Å². The summed E-state index contributed by atoms with van der Waals surface area (Å²) in [6, 6.07) is 17.9. The Kier molecular flexibility index (Phi) is 4.97. The molecule has 3 aromatic rings. The van der Waals surface area contributed by atoms with E-state index >= 15 is 0 Å². The SMILES string of the molecule is O=C(C[C@@H]1CCCO1)N[C@H](Cc1ccccc1)c1nc2ccccc2[nH]1. The van der Waals surface area contributed by atoms with Crippen molar-refractivity contribution in [3.63, 3.8) is 0 Å². The number of carbonyl (C=O) groups excluding carboxylic acids is 1. The summed E-state index contributed by atoms with van der Waals surface area (Å²) in [5.74, 6) is 0.800. The van der Waals surface area contributed by atoms with E-state index in [9.17, 15) is 4.79 Å². The number of hydrogen-bond donors (Lipinski definition) is 2. The van der Waals surface area contributed by atoms with Crippen LogP contribution < -0.4 is 5.32 Å². The van der Waals surface area contributed by atoms with Crippen LogP contribution in [0.25, 0.3) is 11.0 Å². The fourth-order valence-electron chi connectivity index (χ4n) is 3.47. The maximum Gasteiger partial charge on any atom is 0.223 e. The molecule has 1 aromatic heterocycles. The van der Waals surface area contributed by atoms with Gasteiger partial charge < -0.3 is 15.0 Å². The van der Waals surface area contributed by atoms with E-state index in [0.29, 0.717) is 12.8 Å². The minimum Gasteiger partial charge on any atom is -0.378 e. The molecule has 1 aliphatic heterocycles. The molecule has 5 heteroatoms. The zero-order valence-electron chi connectivity index (χ0n) is 14.7. The van der Waals surface area contributed by atoms with Crippen molar-refractivity contribution in [1.82, 2.24) is 15.3 Å². The number of para-hydroxylation sites is 2. The molecule has 1 amide bonds. The summed E-state index contributed by atoms with van der Waals surface area (Å²) < 4.78 is 5.59. The number of ether oxygens (including phenoxy) is 1. The summed E-state index contributed by atoms with van der Waals surface area (Å²) in [5, 5.41) is 3.16. The highest BCUT2D eigenvalue weighted by atomic mass is 16.5. The molecule has 2 atom stereocenters. The van der Waals surface area contributed by atoms with Gasteiger partial charge >= 0.3 is 0 Å². The Morgan fingerprint density at radius 3 is 2.77 bits per heavy atom. The first kappa shape index (κ1) is 16.8. The zero-order chi connectivity index (χ0) is 17.8. The van der Waals surface area contributed by atoms with Crippen molar-refractivity contribution in [2.45, 2.75) is 37.8 Å². The number of hydrogen-bond acceptors (Lipinski definition) is 3. The lowest BCUT2D eigenvalue weighted by Gasteiger charge is -2.18. The highest BCUT2D eigenvalue weighted by molar-refractivity contribution is 5.78. The van der Waals surface area contributed by atoms with Gasteiger partial charge in [0.1, 0.15) is 5.82 Å². The third-order valence-electron chi connectivity index (χ3n) is 4.79. The van der Waals surface area contributed by atoms with Gasteiger partial charge in [-0.25, -0.2) is 4.98 Å². The van der Waals surface area contributed by atoms with Gasteiger partial charge in [0.2, 0.25) is 5.91 Å². The molecule has 2 heterocycles. The van der Waals surface area contributed by atoms with Crippen LogP contribution in [-0.4, -0.2) is 28.6 Å². The highest BCUT2D eigenvalue weighted by Gasteiger charge is 2.23. The van der Waals surface area contributed by atoms with Gasteiger partial charge in [-0.15, -0.1) is 0 Å². The molecule has 0 bridgehead atoms. The first-order valence-corrected chi connectivity index (χ1v) is 9.17. The van der Waals surface area contributed by atoms with E-state index in [1.807, 2.05) is 42.5 Å². The van der Waals surface area contributed by atoms with Crippen molar-refractivity contribution in [3.05, 3.63) is 66.0 Å². The van der Waals surface area contributed by atoms with Gasteiger partial charge in [-0.05, 0) is 37.0 Å². The van der Waals surface area contributed by atoms with Gasteiger partial charge in [-0.1, -0.05) is 42.5 Å². The number of imidazole rings is 1. The van der Waals surface area contributed by atoms with Crippen LogP contribution in [0.5, 0.6) is 0 Å². The Morgan fingerprint density at radius 1 is 1.19 bits per heavy atom. The van der Waals surface area contributed by atoms with Crippen LogP contribution in [0.3, 0.4) is 0 Å². The fourth-order valence-corrected chi connectivity index (χ4v) is 3.47. The smallest absolute Gasteiger partial charge is 0.223 e. The van der Waals surface area contributed by atoms with Crippen molar-refractivity contribution in [2.75, 3.05) is 6.61 Å².